The van der Waals surface area contributed by atoms with E-state index >= 15 is 0 Å². The van der Waals surface area contributed by atoms with Gasteiger partial charge in [-0.3, -0.25) is 4.79 Å². The van der Waals surface area contributed by atoms with Crippen LogP contribution in [0, 0.1) is 6.92 Å². The maximum atomic E-state index is 13.7. The average molecular weight is 310 g/mol. The number of carbonyl (C=O) groups is 1. The fourth-order valence-corrected chi connectivity index (χ4v) is 2.74. The number of rotatable bonds is 4. The zero-order valence-corrected chi connectivity index (χ0v) is 12.4. The SMILES string of the molecule is Cc1nnc(N2C[C@@H](F)C[C@H]2CNC(=O)C2=COCCC2)o1. The third-order valence-corrected chi connectivity index (χ3v) is 3.85. The maximum absolute atomic E-state index is 13.7. The second-order valence-corrected chi connectivity index (χ2v) is 5.57. The highest BCUT2D eigenvalue weighted by atomic mass is 19.1. The Bertz CT molecular complexity index is 574. The van der Waals surface area contributed by atoms with Gasteiger partial charge in [-0.05, 0) is 12.8 Å². The van der Waals surface area contributed by atoms with Gasteiger partial charge in [0.1, 0.15) is 6.17 Å². The van der Waals surface area contributed by atoms with E-state index in [-0.39, 0.29) is 18.5 Å². The predicted octanol–water partition coefficient (Wildman–Crippen LogP) is 1.11. The molecule has 0 aliphatic carbocycles. The number of carbonyl (C=O) groups excluding carboxylic acids is 1. The molecule has 1 saturated heterocycles. The normalized spacial score (nSPS) is 24.8. The van der Waals surface area contributed by atoms with Crippen molar-refractivity contribution in [3.8, 4) is 0 Å². The minimum Gasteiger partial charge on any atom is -0.501 e. The van der Waals surface area contributed by atoms with E-state index in [0.717, 1.165) is 6.42 Å². The Balaban J connectivity index is 1.60. The molecule has 0 radical (unpaired) electrons. The lowest BCUT2D eigenvalue weighted by molar-refractivity contribution is -0.118. The van der Waals surface area contributed by atoms with Crippen LogP contribution in [0.5, 0.6) is 0 Å². The van der Waals surface area contributed by atoms with Gasteiger partial charge in [0.25, 0.3) is 0 Å². The minimum absolute atomic E-state index is 0.163. The smallest absolute Gasteiger partial charge is 0.318 e. The Morgan fingerprint density at radius 3 is 3.09 bits per heavy atom. The van der Waals surface area contributed by atoms with Crippen LogP contribution in [-0.4, -0.2) is 48.0 Å². The first-order valence-electron chi connectivity index (χ1n) is 7.43. The summed E-state index contributed by atoms with van der Waals surface area (Å²) in [6, 6.07) is 0.112. The summed E-state index contributed by atoms with van der Waals surface area (Å²) in [7, 11) is 0. The third-order valence-electron chi connectivity index (χ3n) is 3.85. The summed E-state index contributed by atoms with van der Waals surface area (Å²) in [6.07, 6.45) is 2.41. The van der Waals surface area contributed by atoms with Crippen molar-refractivity contribution in [2.75, 3.05) is 24.6 Å². The van der Waals surface area contributed by atoms with Gasteiger partial charge in [-0.15, -0.1) is 5.10 Å². The van der Waals surface area contributed by atoms with E-state index in [1.165, 1.54) is 6.26 Å². The number of anilines is 1. The number of amides is 1. The lowest BCUT2D eigenvalue weighted by Gasteiger charge is -2.22. The van der Waals surface area contributed by atoms with Crippen molar-refractivity contribution in [3.05, 3.63) is 17.7 Å². The van der Waals surface area contributed by atoms with Crippen LogP contribution >= 0.6 is 0 Å². The Morgan fingerprint density at radius 2 is 2.41 bits per heavy atom. The van der Waals surface area contributed by atoms with Crippen LogP contribution < -0.4 is 10.2 Å². The Hall–Kier alpha value is -2.12. The van der Waals surface area contributed by atoms with Gasteiger partial charge in [0.2, 0.25) is 11.8 Å². The monoisotopic (exact) mass is 310 g/mol. The average Bonchev–Trinajstić information content (AvgIpc) is 3.11. The van der Waals surface area contributed by atoms with Crippen molar-refractivity contribution in [1.82, 2.24) is 15.5 Å². The molecule has 2 aliphatic heterocycles. The van der Waals surface area contributed by atoms with E-state index in [1.807, 2.05) is 0 Å². The fraction of sp³-hybridized carbons (Fsp3) is 0.643. The zero-order valence-electron chi connectivity index (χ0n) is 12.4. The Morgan fingerprint density at radius 1 is 1.55 bits per heavy atom. The topological polar surface area (TPSA) is 80.5 Å². The van der Waals surface area contributed by atoms with Gasteiger partial charge in [-0.25, -0.2) is 4.39 Å². The van der Waals surface area contributed by atoms with Crippen molar-refractivity contribution in [2.45, 2.75) is 38.4 Å². The van der Waals surface area contributed by atoms with Gasteiger partial charge in [0, 0.05) is 19.9 Å². The highest BCUT2D eigenvalue weighted by molar-refractivity contribution is 5.93. The molecule has 1 fully saturated rings. The molecule has 7 nitrogen and oxygen atoms in total. The summed E-state index contributed by atoms with van der Waals surface area (Å²) >= 11 is 0. The summed E-state index contributed by atoms with van der Waals surface area (Å²) in [5.41, 5.74) is 0.626. The number of alkyl halides is 1. The Labute approximate surface area is 127 Å². The number of ether oxygens (including phenoxy) is 1. The maximum Gasteiger partial charge on any atom is 0.318 e. The molecule has 3 rings (SSSR count). The number of aromatic nitrogens is 2. The highest BCUT2D eigenvalue weighted by Crippen LogP contribution is 2.26. The summed E-state index contributed by atoms with van der Waals surface area (Å²) in [6.45, 7) is 2.87. The molecular formula is C14H19FN4O3. The van der Waals surface area contributed by atoms with Gasteiger partial charge >= 0.3 is 6.01 Å². The molecule has 0 unspecified atom stereocenters. The first kappa shape index (κ1) is 14.8. The molecule has 0 spiro atoms. The van der Waals surface area contributed by atoms with Crippen LogP contribution in [0.25, 0.3) is 0 Å². The van der Waals surface area contributed by atoms with Gasteiger partial charge in [0.05, 0.1) is 31.0 Å². The summed E-state index contributed by atoms with van der Waals surface area (Å²) in [5.74, 6) is 0.272. The van der Waals surface area contributed by atoms with Crippen LogP contribution in [0.2, 0.25) is 0 Å². The molecule has 2 aliphatic rings. The minimum atomic E-state index is -0.966. The molecule has 2 atom stereocenters. The lowest BCUT2D eigenvalue weighted by Crippen LogP contribution is -2.41. The first-order valence-corrected chi connectivity index (χ1v) is 7.43. The molecule has 22 heavy (non-hydrogen) atoms. The zero-order chi connectivity index (χ0) is 15.5. The van der Waals surface area contributed by atoms with E-state index in [9.17, 15) is 9.18 Å². The molecule has 1 aromatic heterocycles. The number of hydrogen-bond acceptors (Lipinski definition) is 6. The molecule has 1 aromatic rings. The molecule has 8 heteroatoms. The second-order valence-electron chi connectivity index (χ2n) is 5.57. The molecule has 120 valence electrons. The van der Waals surface area contributed by atoms with Crippen LogP contribution in [0.4, 0.5) is 10.4 Å². The molecule has 1 N–H and O–H groups in total. The van der Waals surface area contributed by atoms with E-state index < -0.39 is 6.17 Å². The number of halogens is 1. The van der Waals surface area contributed by atoms with E-state index in [2.05, 4.69) is 15.5 Å². The van der Waals surface area contributed by atoms with Crippen LogP contribution in [0.15, 0.2) is 16.3 Å². The van der Waals surface area contributed by atoms with E-state index in [0.29, 0.717) is 43.5 Å². The van der Waals surface area contributed by atoms with Crippen LogP contribution in [-0.2, 0) is 9.53 Å². The summed E-state index contributed by atoms with van der Waals surface area (Å²) in [5, 5.41) is 10.5. The molecular weight excluding hydrogens is 291 g/mol. The van der Waals surface area contributed by atoms with E-state index in [1.54, 1.807) is 11.8 Å². The van der Waals surface area contributed by atoms with Gasteiger partial charge in [-0.2, -0.15) is 0 Å². The standard InChI is InChI=1S/C14H19FN4O3/c1-9-17-18-14(22-9)19-7-11(15)5-12(19)6-16-13(20)10-3-2-4-21-8-10/h8,11-12H,2-7H2,1H3,(H,16,20)/t11-,12-/m0/s1. The number of hydrogen-bond donors (Lipinski definition) is 1. The van der Waals surface area contributed by atoms with Gasteiger partial charge in [0.15, 0.2) is 0 Å². The fourth-order valence-electron chi connectivity index (χ4n) is 2.74. The van der Waals surface area contributed by atoms with Gasteiger partial charge < -0.3 is 19.4 Å². The van der Waals surface area contributed by atoms with Crippen molar-refractivity contribution in [1.29, 1.82) is 0 Å². The number of aryl methyl sites for hydroxylation is 1. The molecule has 0 saturated carbocycles. The first-order chi connectivity index (χ1) is 10.6. The molecule has 1 amide bonds. The molecule has 0 aromatic carbocycles. The van der Waals surface area contributed by atoms with Gasteiger partial charge in [-0.1, -0.05) is 5.10 Å². The Kier molecular flexibility index (Phi) is 4.26. The van der Waals surface area contributed by atoms with E-state index in [4.69, 9.17) is 9.15 Å². The summed E-state index contributed by atoms with van der Waals surface area (Å²) < 4.78 is 24.2. The molecule has 3 heterocycles. The van der Waals surface area contributed by atoms with Crippen LogP contribution in [0.3, 0.4) is 0 Å². The van der Waals surface area contributed by atoms with Crippen molar-refractivity contribution < 1.29 is 18.3 Å². The largest absolute Gasteiger partial charge is 0.501 e. The van der Waals surface area contributed by atoms with Crippen LogP contribution in [0.1, 0.15) is 25.2 Å². The number of nitrogens with zero attached hydrogens (tertiary/aromatic N) is 3. The number of nitrogens with one attached hydrogen (secondary N) is 1. The lowest BCUT2D eigenvalue weighted by atomic mass is 10.1. The quantitative estimate of drug-likeness (QED) is 0.897. The molecule has 0 bridgehead atoms. The second kappa shape index (κ2) is 6.33. The van der Waals surface area contributed by atoms with Crippen molar-refractivity contribution >= 4 is 11.9 Å². The van der Waals surface area contributed by atoms with Crippen molar-refractivity contribution in [2.24, 2.45) is 0 Å². The highest BCUT2D eigenvalue weighted by Gasteiger charge is 2.35. The summed E-state index contributed by atoms with van der Waals surface area (Å²) in [4.78, 5) is 13.8. The third kappa shape index (κ3) is 3.20. The van der Waals surface area contributed by atoms with Crippen molar-refractivity contribution in [3.63, 3.8) is 0 Å². The predicted molar refractivity (Wildman–Crippen MR) is 76.0 cm³/mol.